The molecule has 0 aliphatic carbocycles. The van der Waals surface area contributed by atoms with Crippen molar-refractivity contribution < 1.29 is 23.7 Å². The first kappa shape index (κ1) is 26.8. The summed E-state index contributed by atoms with van der Waals surface area (Å²) in [7, 11) is 0. The maximum Gasteiger partial charge on any atom is 0.217 e. The first-order valence-electron chi connectivity index (χ1n) is 12.6. The van der Waals surface area contributed by atoms with E-state index >= 15 is 0 Å². The third-order valence-corrected chi connectivity index (χ3v) is 6.30. The summed E-state index contributed by atoms with van der Waals surface area (Å²) in [5, 5.41) is 3.02. The molecule has 1 amide bonds. The monoisotopic (exact) mass is 501 g/mol. The van der Waals surface area contributed by atoms with Gasteiger partial charge in [-0.05, 0) is 16.7 Å². The van der Waals surface area contributed by atoms with Crippen molar-refractivity contribution in [2.24, 2.45) is 0 Å². The Hall–Kier alpha value is -3.29. The van der Waals surface area contributed by atoms with Gasteiger partial charge < -0.3 is 24.3 Å². The molecule has 0 aromatic heterocycles. The number of carbonyl (C=O) groups excluding carboxylic acids is 1. The third kappa shape index (κ3) is 7.84. The minimum Gasteiger partial charge on any atom is -0.374 e. The van der Waals surface area contributed by atoms with E-state index in [1.54, 1.807) is 6.08 Å². The van der Waals surface area contributed by atoms with E-state index in [0.717, 1.165) is 16.7 Å². The summed E-state index contributed by atoms with van der Waals surface area (Å²) in [5.74, 6) is -0.172. The van der Waals surface area contributed by atoms with Gasteiger partial charge in [0.1, 0.15) is 18.3 Å². The highest BCUT2D eigenvalue weighted by Gasteiger charge is 2.47. The average Bonchev–Trinajstić information content (AvgIpc) is 2.93. The number of benzene rings is 3. The topological polar surface area (TPSA) is 66.0 Å². The van der Waals surface area contributed by atoms with Crippen molar-refractivity contribution in [1.29, 1.82) is 0 Å². The van der Waals surface area contributed by atoms with E-state index in [9.17, 15) is 4.79 Å². The van der Waals surface area contributed by atoms with E-state index < -0.39 is 30.5 Å². The van der Waals surface area contributed by atoms with Gasteiger partial charge in [-0.25, -0.2) is 0 Å². The molecule has 1 aliphatic heterocycles. The number of amides is 1. The number of hydrogen-bond acceptors (Lipinski definition) is 5. The van der Waals surface area contributed by atoms with E-state index in [4.69, 9.17) is 18.9 Å². The van der Waals surface area contributed by atoms with Crippen molar-refractivity contribution >= 4 is 5.91 Å². The Morgan fingerprint density at radius 3 is 1.78 bits per heavy atom. The molecule has 37 heavy (non-hydrogen) atoms. The van der Waals surface area contributed by atoms with Crippen LogP contribution in [0.15, 0.2) is 104 Å². The minimum atomic E-state index is -0.493. The van der Waals surface area contributed by atoms with Gasteiger partial charge in [-0.15, -0.1) is 6.58 Å². The summed E-state index contributed by atoms with van der Waals surface area (Å²) >= 11 is 0. The van der Waals surface area contributed by atoms with Gasteiger partial charge in [0, 0.05) is 6.92 Å². The summed E-state index contributed by atoms with van der Waals surface area (Å²) in [6.07, 6.45) is -0.174. The number of nitrogens with one attached hydrogen (secondary N) is 1. The highest BCUT2D eigenvalue weighted by molar-refractivity contribution is 5.73. The van der Waals surface area contributed by atoms with E-state index in [1.165, 1.54) is 6.92 Å². The zero-order valence-electron chi connectivity index (χ0n) is 21.2. The van der Waals surface area contributed by atoms with Gasteiger partial charge in [0.15, 0.2) is 0 Å². The number of rotatable bonds is 12. The van der Waals surface area contributed by atoms with Crippen LogP contribution in [-0.4, -0.2) is 43.0 Å². The molecule has 4 rings (SSSR count). The van der Waals surface area contributed by atoms with Gasteiger partial charge in [-0.2, -0.15) is 0 Å². The largest absolute Gasteiger partial charge is 0.374 e. The van der Waals surface area contributed by atoms with Crippen LogP contribution in [0.2, 0.25) is 0 Å². The third-order valence-electron chi connectivity index (χ3n) is 6.30. The lowest BCUT2D eigenvalue weighted by Crippen LogP contribution is -2.65. The lowest BCUT2D eigenvalue weighted by Gasteiger charge is -2.46. The molecule has 194 valence electrons. The maximum atomic E-state index is 12.2. The molecule has 0 bridgehead atoms. The quantitative estimate of drug-likeness (QED) is 0.360. The van der Waals surface area contributed by atoms with E-state index in [0.29, 0.717) is 26.4 Å². The molecule has 0 radical (unpaired) electrons. The summed E-state index contributed by atoms with van der Waals surface area (Å²) < 4.78 is 25.4. The second-order valence-corrected chi connectivity index (χ2v) is 9.12. The van der Waals surface area contributed by atoms with Crippen LogP contribution in [0, 0.1) is 0 Å². The van der Waals surface area contributed by atoms with Crippen LogP contribution in [0.1, 0.15) is 23.6 Å². The number of hydrogen-bond donors (Lipinski definition) is 1. The van der Waals surface area contributed by atoms with Gasteiger partial charge >= 0.3 is 0 Å². The zero-order chi connectivity index (χ0) is 25.9. The average molecular weight is 502 g/mol. The highest BCUT2D eigenvalue weighted by atomic mass is 16.6. The molecule has 5 atom stereocenters. The van der Waals surface area contributed by atoms with Crippen LogP contribution in [0.3, 0.4) is 0 Å². The Labute approximate surface area is 219 Å². The standard InChI is InChI=1S/C31H35NO5/c1-3-27-29(32-23(2)33)31(36-21-26-17-11-6-12-18-26)30(35-20-25-15-9-5-10-16-25)28(37-27)22-34-19-24-13-7-4-8-14-24/h3-18,27-31H,1,19-22H2,2H3,(H,32,33)/t27-,28+,29-,30+,31+/m0/s1. The van der Waals surface area contributed by atoms with Crippen LogP contribution in [0.4, 0.5) is 0 Å². The van der Waals surface area contributed by atoms with Crippen molar-refractivity contribution in [3.05, 3.63) is 120 Å². The predicted octanol–water partition coefficient (Wildman–Crippen LogP) is 4.83. The molecule has 1 N–H and O–H groups in total. The van der Waals surface area contributed by atoms with Crippen LogP contribution in [0.25, 0.3) is 0 Å². The molecular formula is C31H35NO5. The van der Waals surface area contributed by atoms with Gasteiger partial charge in [0.05, 0.1) is 38.6 Å². The molecule has 1 heterocycles. The SMILES string of the molecule is C=C[C@@H]1O[C@H](COCc2ccccc2)[C@@H](OCc2ccccc2)[C@H](OCc2ccccc2)[C@H]1NC(C)=O. The summed E-state index contributed by atoms with van der Waals surface area (Å²) in [5.41, 5.74) is 3.15. The number of ether oxygens (including phenoxy) is 4. The number of carbonyl (C=O) groups is 1. The second kappa shape index (κ2) is 13.9. The Bertz CT molecular complexity index is 1090. The molecule has 0 saturated carbocycles. The zero-order valence-corrected chi connectivity index (χ0v) is 21.2. The predicted molar refractivity (Wildman–Crippen MR) is 143 cm³/mol. The molecule has 0 unspecified atom stereocenters. The molecule has 1 saturated heterocycles. The Balaban J connectivity index is 1.56. The molecule has 1 aliphatic rings. The molecule has 3 aromatic carbocycles. The molecular weight excluding hydrogens is 466 g/mol. The van der Waals surface area contributed by atoms with Crippen molar-refractivity contribution in [2.45, 2.75) is 57.2 Å². The van der Waals surface area contributed by atoms with Gasteiger partial charge in [0.2, 0.25) is 5.91 Å². The van der Waals surface area contributed by atoms with E-state index in [2.05, 4.69) is 11.9 Å². The van der Waals surface area contributed by atoms with E-state index in [1.807, 2.05) is 91.0 Å². The maximum absolute atomic E-state index is 12.2. The van der Waals surface area contributed by atoms with Crippen LogP contribution in [-0.2, 0) is 43.6 Å². The van der Waals surface area contributed by atoms with Crippen LogP contribution in [0.5, 0.6) is 0 Å². The fraction of sp³-hybridized carbons (Fsp3) is 0.323. The molecule has 6 nitrogen and oxygen atoms in total. The normalized spacial score (nSPS) is 23.3. The first-order valence-corrected chi connectivity index (χ1v) is 12.6. The smallest absolute Gasteiger partial charge is 0.217 e. The fourth-order valence-electron chi connectivity index (χ4n) is 4.50. The molecule has 6 heteroatoms. The van der Waals surface area contributed by atoms with Crippen molar-refractivity contribution in [3.63, 3.8) is 0 Å². The second-order valence-electron chi connectivity index (χ2n) is 9.12. The molecule has 0 spiro atoms. The lowest BCUT2D eigenvalue weighted by molar-refractivity contribution is -0.223. The Kier molecular flexibility index (Phi) is 10.0. The van der Waals surface area contributed by atoms with E-state index in [-0.39, 0.29) is 5.91 Å². The summed E-state index contributed by atoms with van der Waals surface area (Å²) in [6, 6.07) is 29.4. The Morgan fingerprint density at radius 1 is 0.811 bits per heavy atom. The first-order chi connectivity index (χ1) is 18.1. The van der Waals surface area contributed by atoms with Gasteiger partial charge in [-0.1, -0.05) is 97.1 Å². The van der Waals surface area contributed by atoms with Crippen molar-refractivity contribution in [1.82, 2.24) is 5.32 Å². The fourth-order valence-corrected chi connectivity index (χ4v) is 4.50. The molecule has 3 aromatic rings. The van der Waals surface area contributed by atoms with Gasteiger partial charge in [0.25, 0.3) is 0 Å². The lowest BCUT2D eigenvalue weighted by atomic mass is 9.92. The van der Waals surface area contributed by atoms with Crippen molar-refractivity contribution in [2.75, 3.05) is 6.61 Å². The van der Waals surface area contributed by atoms with Crippen molar-refractivity contribution in [3.8, 4) is 0 Å². The van der Waals surface area contributed by atoms with Crippen LogP contribution < -0.4 is 5.32 Å². The minimum absolute atomic E-state index is 0.172. The summed E-state index contributed by atoms with van der Waals surface area (Å²) in [6.45, 7) is 6.95. The molecule has 1 fully saturated rings. The highest BCUT2D eigenvalue weighted by Crippen LogP contribution is 2.29. The van der Waals surface area contributed by atoms with Gasteiger partial charge in [-0.3, -0.25) is 4.79 Å². The summed E-state index contributed by atoms with van der Waals surface area (Å²) in [4.78, 5) is 12.2. The Morgan fingerprint density at radius 2 is 1.30 bits per heavy atom. The van der Waals surface area contributed by atoms with Crippen LogP contribution >= 0.6 is 0 Å².